The number of hydrogen-bond donors (Lipinski definition) is 0. The molecule has 2 heterocycles. The fraction of sp³-hybridized carbons (Fsp3) is 0.462. The number of rotatable bonds is 1. The molecule has 1 amide bonds. The number of carbonyl (C=O) groups is 1. The molecule has 0 N–H and O–H groups in total. The Morgan fingerprint density at radius 1 is 1.29 bits per heavy atom. The summed E-state index contributed by atoms with van der Waals surface area (Å²) in [5.74, 6) is 0.641. The van der Waals surface area contributed by atoms with Crippen LogP contribution in [0.1, 0.15) is 24.3 Å². The van der Waals surface area contributed by atoms with Crippen LogP contribution in [0.4, 0.5) is 0 Å². The van der Waals surface area contributed by atoms with Gasteiger partial charge in [-0.05, 0) is 18.9 Å². The van der Waals surface area contributed by atoms with Crippen molar-refractivity contribution in [3.63, 3.8) is 0 Å². The van der Waals surface area contributed by atoms with Gasteiger partial charge in [-0.25, -0.2) is 5.06 Å². The summed E-state index contributed by atoms with van der Waals surface area (Å²) in [6.07, 6.45) is 2.04. The van der Waals surface area contributed by atoms with Crippen LogP contribution in [0.2, 0.25) is 0 Å². The van der Waals surface area contributed by atoms with Crippen molar-refractivity contribution in [2.45, 2.75) is 18.8 Å². The minimum absolute atomic E-state index is 0.0228. The first-order chi connectivity index (χ1) is 8.36. The molecule has 17 heavy (non-hydrogen) atoms. The van der Waals surface area contributed by atoms with Gasteiger partial charge in [0, 0.05) is 12.1 Å². The number of carbonyl (C=O) groups excluding carboxylic acids is 1. The van der Waals surface area contributed by atoms with Gasteiger partial charge in [-0.3, -0.25) is 9.63 Å². The quantitative estimate of drug-likeness (QED) is 0.741. The van der Waals surface area contributed by atoms with Gasteiger partial charge in [0.15, 0.2) is 0 Å². The third-order valence-electron chi connectivity index (χ3n) is 3.25. The summed E-state index contributed by atoms with van der Waals surface area (Å²) in [6.45, 7) is 1.76. The molecule has 1 atom stereocenters. The summed E-state index contributed by atoms with van der Waals surface area (Å²) >= 11 is 0. The van der Waals surface area contributed by atoms with Gasteiger partial charge in [-0.15, -0.1) is 0 Å². The zero-order chi connectivity index (χ0) is 11.7. The second kappa shape index (κ2) is 4.37. The number of fused-ring (bicyclic) bond motifs is 1. The smallest absolute Gasteiger partial charge is 0.257 e. The third-order valence-corrected chi connectivity index (χ3v) is 3.25. The molecule has 2 aliphatic heterocycles. The highest BCUT2D eigenvalue weighted by molar-refractivity contribution is 5.84. The van der Waals surface area contributed by atoms with Crippen molar-refractivity contribution in [2.24, 2.45) is 0 Å². The predicted octanol–water partition coefficient (Wildman–Crippen LogP) is 1.72. The van der Waals surface area contributed by atoms with Gasteiger partial charge in [0.2, 0.25) is 0 Å². The number of benzene rings is 1. The van der Waals surface area contributed by atoms with Crippen molar-refractivity contribution < 1.29 is 14.4 Å². The highest BCUT2D eigenvalue weighted by Gasteiger charge is 2.34. The van der Waals surface area contributed by atoms with E-state index in [0.29, 0.717) is 19.8 Å². The molecular weight excluding hydrogens is 218 g/mol. The lowest BCUT2D eigenvalue weighted by Gasteiger charge is -2.27. The molecule has 3 rings (SSSR count). The van der Waals surface area contributed by atoms with Crippen LogP contribution in [-0.2, 0) is 9.63 Å². The highest BCUT2D eigenvalue weighted by Crippen LogP contribution is 2.34. The first kappa shape index (κ1) is 10.6. The van der Waals surface area contributed by atoms with E-state index in [9.17, 15) is 4.79 Å². The molecule has 4 nitrogen and oxygen atoms in total. The van der Waals surface area contributed by atoms with Gasteiger partial charge >= 0.3 is 0 Å². The number of hydroxylamine groups is 2. The van der Waals surface area contributed by atoms with Gasteiger partial charge in [0.05, 0.1) is 6.61 Å². The van der Waals surface area contributed by atoms with Crippen molar-refractivity contribution in [1.29, 1.82) is 0 Å². The number of nitrogens with zero attached hydrogens (tertiary/aromatic N) is 1. The average molecular weight is 233 g/mol. The lowest BCUT2D eigenvalue weighted by atomic mass is 10.0. The van der Waals surface area contributed by atoms with E-state index in [2.05, 4.69) is 0 Å². The summed E-state index contributed by atoms with van der Waals surface area (Å²) in [5.41, 5.74) is 0.978. The molecule has 0 aliphatic carbocycles. The maximum Gasteiger partial charge on any atom is 0.257 e. The first-order valence-corrected chi connectivity index (χ1v) is 6.02. The largest absolute Gasteiger partial charge is 0.492 e. The Morgan fingerprint density at radius 2 is 2.18 bits per heavy atom. The van der Waals surface area contributed by atoms with E-state index in [0.717, 1.165) is 24.2 Å². The Kier molecular flexibility index (Phi) is 2.73. The van der Waals surface area contributed by atoms with Crippen molar-refractivity contribution in [2.75, 3.05) is 19.8 Å². The Bertz CT molecular complexity index is 426. The monoisotopic (exact) mass is 233 g/mol. The van der Waals surface area contributed by atoms with Crippen LogP contribution in [0.5, 0.6) is 5.75 Å². The third kappa shape index (κ3) is 1.89. The summed E-state index contributed by atoms with van der Waals surface area (Å²) in [6, 6.07) is 7.71. The summed E-state index contributed by atoms with van der Waals surface area (Å²) in [4.78, 5) is 17.7. The number of ether oxygens (including phenoxy) is 1. The predicted molar refractivity (Wildman–Crippen MR) is 61.6 cm³/mol. The Balaban J connectivity index is 1.79. The van der Waals surface area contributed by atoms with E-state index >= 15 is 0 Å². The van der Waals surface area contributed by atoms with E-state index in [1.54, 1.807) is 0 Å². The summed E-state index contributed by atoms with van der Waals surface area (Å²) < 4.78 is 5.52. The zero-order valence-electron chi connectivity index (χ0n) is 9.59. The van der Waals surface area contributed by atoms with Crippen LogP contribution in [0.25, 0.3) is 0 Å². The number of para-hydroxylation sites is 1. The van der Waals surface area contributed by atoms with Crippen molar-refractivity contribution in [3.05, 3.63) is 29.8 Å². The van der Waals surface area contributed by atoms with Crippen LogP contribution in [0, 0.1) is 0 Å². The standard InChI is InChI=1S/C13H15NO3/c15-13(14-7-3-4-8-17-14)11-9-16-12-6-2-1-5-10(11)12/h1-2,5-6,11H,3-4,7-9H2. The molecule has 0 saturated carbocycles. The zero-order valence-corrected chi connectivity index (χ0v) is 9.59. The first-order valence-electron chi connectivity index (χ1n) is 6.02. The molecule has 1 fully saturated rings. The minimum atomic E-state index is -0.204. The maximum absolute atomic E-state index is 12.3. The number of amides is 1. The van der Waals surface area contributed by atoms with E-state index in [4.69, 9.17) is 9.57 Å². The minimum Gasteiger partial charge on any atom is -0.492 e. The van der Waals surface area contributed by atoms with Crippen molar-refractivity contribution in [1.82, 2.24) is 5.06 Å². The van der Waals surface area contributed by atoms with E-state index in [1.165, 1.54) is 5.06 Å². The second-order valence-electron chi connectivity index (χ2n) is 4.38. The molecule has 2 aliphatic rings. The molecule has 1 saturated heterocycles. The Morgan fingerprint density at radius 3 is 3.00 bits per heavy atom. The number of hydrogen-bond acceptors (Lipinski definition) is 3. The van der Waals surface area contributed by atoms with E-state index < -0.39 is 0 Å². The van der Waals surface area contributed by atoms with Crippen LogP contribution >= 0.6 is 0 Å². The van der Waals surface area contributed by atoms with Crippen LogP contribution in [0.3, 0.4) is 0 Å². The molecule has 1 aromatic carbocycles. The average Bonchev–Trinajstić information content (AvgIpc) is 2.83. The van der Waals surface area contributed by atoms with Crippen molar-refractivity contribution in [3.8, 4) is 5.75 Å². The molecule has 90 valence electrons. The van der Waals surface area contributed by atoms with Crippen LogP contribution in [0.15, 0.2) is 24.3 Å². The fourth-order valence-electron chi connectivity index (χ4n) is 2.31. The lowest BCUT2D eigenvalue weighted by Crippen LogP contribution is -2.39. The SMILES string of the molecule is O=C(C1COc2ccccc21)N1CCCCO1. The highest BCUT2D eigenvalue weighted by atomic mass is 16.7. The summed E-state index contributed by atoms with van der Waals surface area (Å²) in [7, 11) is 0. The lowest BCUT2D eigenvalue weighted by molar-refractivity contribution is -0.198. The Hall–Kier alpha value is -1.55. The topological polar surface area (TPSA) is 38.8 Å². The Labute approximate surface area is 100 Å². The fourth-order valence-corrected chi connectivity index (χ4v) is 2.31. The van der Waals surface area contributed by atoms with Gasteiger partial charge in [0.25, 0.3) is 5.91 Å². The summed E-state index contributed by atoms with van der Waals surface area (Å²) in [5, 5.41) is 1.50. The second-order valence-corrected chi connectivity index (χ2v) is 4.38. The maximum atomic E-state index is 12.3. The molecule has 0 spiro atoms. The van der Waals surface area contributed by atoms with Gasteiger partial charge in [-0.1, -0.05) is 18.2 Å². The molecule has 4 heteroatoms. The van der Waals surface area contributed by atoms with Crippen LogP contribution in [-0.4, -0.2) is 30.7 Å². The van der Waals surface area contributed by atoms with Crippen molar-refractivity contribution >= 4 is 5.91 Å². The molecule has 1 aromatic rings. The van der Waals surface area contributed by atoms with E-state index in [-0.39, 0.29) is 11.8 Å². The van der Waals surface area contributed by atoms with Gasteiger partial charge in [0.1, 0.15) is 18.3 Å². The van der Waals surface area contributed by atoms with Gasteiger partial charge < -0.3 is 4.74 Å². The molecule has 1 unspecified atom stereocenters. The molecule has 0 radical (unpaired) electrons. The van der Waals surface area contributed by atoms with E-state index in [1.807, 2.05) is 24.3 Å². The molecule has 0 bridgehead atoms. The molecular formula is C13H15NO3. The van der Waals surface area contributed by atoms with Gasteiger partial charge in [-0.2, -0.15) is 0 Å². The normalized spacial score (nSPS) is 23.1. The molecule has 0 aromatic heterocycles. The van der Waals surface area contributed by atoms with Crippen LogP contribution < -0.4 is 4.74 Å².